The first kappa shape index (κ1) is 23.8. The normalized spacial score (nSPS) is 30.6. The fraction of sp³-hybridized carbons (Fsp3) is 0.297. The Morgan fingerprint density at radius 3 is 1.32 bits per heavy atom. The lowest BCUT2D eigenvalue weighted by Gasteiger charge is -2.62. The quantitative estimate of drug-likeness (QED) is 0.257. The molecular formula is C37H36. The van der Waals surface area contributed by atoms with Gasteiger partial charge in [0.05, 0.1) is 0 Å². The van der Waals surface area contributed by atoms with Crippen molar-refractivity contribution < 1.29 is 0 Å². The van der Waals surface area contributed by atoms with Crippen LogP contribution in [0, 0.1) is 17.3 Å². The average Bonchev–Trinajstić information content (AvgIpc) is 2.93. The topological polar surface area (TPSA) is 0 Å². The van der Waals surface area contributed by atoms with E-state index < -0.39 is 0 Å². The summed E-state index contributed by atoms with van der Waals surface area (Å²) in [5, 5.41) is 0. The minimum Gasteiger partial charge on any atom is -0.0910 e. The van der Waals surface area contributed by atoms with Gasteiger partial charge in [-0.15, -0.1) is 0 Å². The Morgan fingerprint density at radius 1 is 0.459 bits per heavy atom. The van der Waals surface area contributed by atoms with Gasteiger partial charge in [-0.3, -0.25) is 0 Å². The third-order valence-electron chi connectivity index (χ3n) is 9.16. The summed E-state index contributed by atoms with van der Waals surface area (Å²) >= 11 is 0. The standard InChI is InChI=1S/C37H36/c1-34(31-17-9-4-10-18-31)25-36(24-23-30-15-7-3-8-16-30)26-35(2,32-19-11-5-12-20-32)28-37(27-34,29-36)33-21-13-6-14-22-33/h3-22H,25-29H2,1-2H3. The van der Waals surface area contributed by atoms with Gasteiger partial charge in [0.25, 0.3) is 0 Å². The van der Waals surface area contributed by atoms with Gasteiger partial charge < -0.3 is 0 Å². The van der Waals surface area contributed by atoms with Crippen molar-refractivity contribution in [2.24, 2.45) is 5.41 Å². The number of benzene rings is 4. The molecule has 0 aliphatic heterocycles. The highest BCUT2D eigenvalue weighted by atomic mass is 14.6. The molecule has 6 rings (SSSR count). The van der Waals surface area contributed by atoms with E-state index in [1.165, 1.54) is 16.7 Å². The van der Waals surface area contributed by atoms with Crippen LogP contribution in [-0.4, -0.2) is 0 Å². The molecular weight excluding hydrogens is 444 g/mol. The van der Waals surface area contributed by atoms with Crippen molar-refractivity contribution in [1.82, 2.24) is 0 Å². The molecule has 4 aromatic rings. The lowest BCUT2D eigenvalue weighted by Crippen LogP contribution is -2.57. The highest BCUT2D eigenvalue weighted by Crippen LogP contribution is 2.66. The molecule has 2 aliphatic rings. The number of hydrogen-bond donors (Lipinski definition) is 0. The van der Waals surface area contributed by atoms with Crippen molar-refractivity contribution in [1.29, 1.82) is 0 Å². The zero-order valence-corrected chi connectivity index (χ0v) is 22.1. The first-order valence-electron chi connectivity index (χ1n) is 13.7. The van der Waals surface area contributed by atoms with Crippen molar-refractivity contribution in [3.05, 3.63) is 144 Å². The van der Waals surface area contributed by atoms with Gasteiger partial charge in [0.1, 0.15) is 0 Å². The second-order valence-electron chi connectivity index (χ2n) is 12.3. The lowest BCUT2D eigenvalue weighted by atomic mass is 9.41. The molecule has 2 saturated carbocycles. The molecule has 4 aromatic carbocycles. The zero-order chi connectivity index (χ0) is 25.4. The molecule has 0 spiro atoms. The monoisotopic (exact) mass is 480 g/mol. The van der Waals surface area contributed by atoms with Gasteiger partial charge in [-0.25, -0.2) is 0 Å². The maximum Gasteiger partial charge on any atom is 0.0343 e. The molecule has 0 amide bonds. The fourth-order valence-electron chi connectivity index (χ4n) is 8.18. The summed E-state index contributed by atoms with van der Waals surface area (Å²) < 4.78 is 0. The Hall–Kier alpha value is -3.56. The minimum atomic E-state index is -0.0859. The molecule has 0 heterocycles. The van der Waals surface area contributed by atoms with Gasteiger partial charge in [-0.05, 0) is 77.2 Å². The molecule has 2 unspecified atom stereocenters. The van der Waals surface area contributed by atoms with E-state index in [4.69, 9.17) is 0 Å². The second-order valence-corrected chi connectivity index (χ2v) is 12.3. The molecule has 2 bridgehead atoms. The van der Waals surface area contributed by atoms with Crippen molar-refractivity contribution in [3.8, 4) is 11.8 Å². The van der Waals surface area contributed by atoms with Crippen LogP contribution in [0.25, 0.3) is 0 Å². The number of fused-ring (bicyclic) bond motifs is 2. The Labute approximate surface area is 222 Å². The van der Waals surface area contributed by atoms with Crippen molar-refractivity contribution in [3.63, 3.8) is 0 Å². The Bertz CT molecular complexity index is 1350. The summed E-state index contributed by atoms with van der Waals surface area (Å²) in [5.41, 5.74) is 5.56. The van der Waals surface area contributed by atoms with E-state index in [0.29, 0.717) is 0 Å². The summed E-state index contributed by atoms with van der Waals surface area (Å²) in [6.07, 6.45) is 5.58. The predicted molar refractivity (Wildman–Crippen MR) is 155 cm³/mol. The third kappa shape index (κ3) is 4.42. The second kappa shape index (κ2) is 9.08. The first-order valence-corrected chi connectivity index (χ1v) is 13.7. The van der Waals surface area contributed by atoms with Gasteiger partial charge in [-0.2, -0.15) is 0 Å². The van der Waals surface area contributed by atoms with Crippen LogP contribution in [0.4, 0.5) is 0 Å². The predicted octanol–water partition coefficient (Wildman–Crippen LogP) is 8.86. The molecule has 0 nitrogen and oxygen atoms in total. The van der Waals surface area contributed by atoms with E-state index in [1.807, 2.05) is 0 Å². The Kier molecular flexibility index (Phi) is 5.84. The fourth-order valence-corrected chi connectivity index (χ4v) is 8.18. The Morgan fingerprint density at radius 2 is 0.865 bits per heavy atom. The molecule has 0 radical (unpaired) electrons. The van der Waals surface area contributed by atoms with E-state index in [1.54, 1.807) is 0 Å². The zero-order valence-electron chi connectivity index (χ0n) is 22.1. The molecule has 0 saturated heterocycles. The maximum absolute atomic E-state index is 3.98. The van der Waals surface area contributed by atoms with Crippen molar-refractivity contribution in [2.75, 3.05) is 0 Å². The third-order valence-corrected chi connectivity index (χ3v) is 9.16. The van der Waals surface area contributed by atoms with Gasteiger partial charge in [0.15, 0.2) is 0 Å². The van der Waals surface area contributed by atoms with Gasteiger partial charge in [0.2, 0.25) is 0 Å². The maximum atomic E-state index is 3.98. The summed E-state index contributed by atoms with van der Waals surface area (Å²) in [6.45, 7) is 5.01. The summed E-state index contributed by atoms with van der Waals surface area (Å²) in [7, 11) is 0. The van der Waals surface area contributed by atoms with Crippen LogP contribution in [0.1, 0.15) is 68.2 Å². The first-order chi connectivity index (χ1) is 17.9. The largest absolute Gasteiger partial charge is 0.0910 e. The van der Waals surface area contributed by atoms with Crippen LogP contribution in [0.2, 0.25) is 0 Å². The van der Waals surface area contributed by atoms with E-state index in [-0.39, 0.29) is 21.7 Å². The lowest BCUT2D eigenvalue weighted by molar-refractivity contribution is 0.00345. The van der Waals surface area contributed by atoms with Gasteiger partial charge >= 0.3 is 0 Å². The van der Waals surface area contributed by atoms with E-state index in [9.17, 15) is 0 Å². The summed E-state index contributed by atoms with van der Waals surface area (Å²) in [4.78, 5) is 0. The van der Waals surface area contributed by atoms with Crippen LogP contribution in [0.3, 0.4) is 0 Å². The van der Waals surface area contributed by atoms with E-state index in [2.05, 4.69) is 147 Å². The molecule has 2 aliphatic carbocycles. The molecule has 2 atom stereocenters. The number of hydrogen-bond acceptors (Lipinski definition) is 0. The average molecular weight is 481 g/mol. The van der Waals surface area contributed by atoms with Gasteiger partial charge in [-0.1, -0.05) is 135 Å². The molecule has 37 heavy (non-hydrogen) atoms. The van der Waals surface area contributed by atoms with E-state index >= 15 is 0 Å². The van der Waals surface area contributed by atoms with Crippen LogP contribution >= 0.6 is 0 Å². The Balaban J connectivity index is 1.57. The molecule has 0 heteroatoms. The van der Waals surface area contributed by atoms with Crippen LogP contribution < -0.4 is 0 Å². The summed E-state index contributed by atoms with van der Waals surface area (Å²) in [6, 6.07) is 44.4. The van der Waals surface area contributed by atoms with Crippen LogP contribution in [0.15, 0.2) is 121 Å². The highest BCUT2D eigenvalue weighted by molar-refractivity contribution is 5.44. The summed E-state index contributed by atoms with van der Waals surface area (Å²) in [5.74, 6) is 7.63. The smallest absolute Gasteiger partial charge is 0.0343 e. The molecule has 184 valence electrons. The van der Waals surface area contributed by atoms with Crippen molar-refractivity contribution in [2.45, 2.75) is 62.2 Å². The molecule has 2 fully saturated rings. The van der Waals surface area contributed by atoms with Gasteiger partial charge in [0, 0.05) is 11.0 Å². The minimum absolute atomic E-state index is 0.0539. The van der Waals surface area contributed by atoms with Crippen LogP contribution in [0.5, 0.6) is 0 Å². The number of rotatable bonds is 3. The van der Waals surface area contributed by atoms with E-state index in [0.717, 1.165) is 37.7 Å². The van der Waals surface area contributed by atoms with Crippen LogP contribution in [-0.2, 0) is 16.2 Å². The van der Waals surface area contributed by atoms with Crippen molar-refractivity contribution >= 4 is 0 Å². The highest BCUT2D eigenvalue weighted by Gasteiger charge is 2.60. The molecule has 0 N–H and O–H groups in total. The SMILES string of the molecule is CC1(c2ccccc2)CC2(C#Cc3ccccc3)CC(C)(c3ccccc3)CC(c3ccccc3)(C2)C1. The molecule has 0 aromatic heterocycles.